The van der Waals surface area contributed by atoms with Gasteiger partial charge in [0.05, 0.1) is 6.61 Å². The molecule has 14 heavy (non-hydrogen) atoms. The summed E-state index contributed by atoms with van der Waals surface area (Å²) in [6, 6.07) is 0. The summed E-state index contributed by atoms with van der Waals surface area (Å²) in [5, 5.41) is 25.5. The summed E-state index contributed by atoms with van der Waals surface area (Å²) in [5.74, 6) is 0. The summed E-state index contributed by atoms with van der Waals surface area (Å²) >= 11 is 0. The van der Waals surface area contributed by atoms with Crippen molar-refractivity contribution in [2.45, 2.75) is 13.3 Å². The number of hydrogen-bond donors (Lipinski definition) is 2. The first-order chi connectivity index (χ1) is 6.50. The van der Waals surface area contributed by atoms with E-state index in [1.54, 1.807) is 0 Å². The van der Waals surface area contributed by atoms with E-state index in [9.17, 15) is 10.1 Å². The van der Waals surface area contributed by atoms with Crippen LogP contribution in [0.4, 0.5) is 0 Å². The summed E-state index contributed by atoms with van der Waals surface area (Å²) in [6.45, 7) is 3.82. The molecular weight excluding hydrogens is 198 g/mol. The Morgan fingerprint density at radius 3 is 2.29 bits per heavy atom. The molecule has 9 nitrogen and oxygen atoms in total. The molecule has 84 valence electrons. The minimum absolute atomic E-state index is 0.181. The Bertz CT molecular complexity index is 160. The Hall–Kier alpha value is -1.64. The highest BCUT2D eigenvalue weighted by Crippen LogP contribution is 1.79. The standard InChI is InChI=1S/C5H12N2O3.HNO3/c1-2-6-4-3-5-10-7(8)9;2-1(3)4/h6H,2-5H2,1H3;(H,2,3,4). The predicted molar refractivity (Wildman–Crippen MR) is 44.9 cm³/mol. The summed E-state index contributed by atoms with van der Waals surface area (Å²) in [7, 11) is 0. The lowest BCUT2D eigenvalue weighted by Gasteiger charge is -1.98. The van der Waals surface area contributed by atoms with Gasteiger partial charge in [0.2, 0.25) is 0 Å². The molecule has 0 radical (unpaired) electrons. The van der Waals surface area contributed by atoms with Gasteiger partial charge in [0.25, 0.3) is 10.2 Å². The Morgan fingerprint density at radius 1 is 1.43 bits per heavy atom. The van der Waals surface area contributed by atoms with Crippen LogP contribution in [-0.2, 0) is 4.84 Å². The van der Waals surface area contributed by atoms with Crippen molar-refractivity contribution in [3.8, 4) is 0 Å². The second kappa shape index (κ2) is 11.4. The fourth-order valence-electron chi connectivity index (χ4n) is 0.513. The minimum Gasteiger partial charge on any atom is -0.328 e. The molecule has 0 aliphatic rings. The predicted octanol–water partition coefficient (Wildman–Crippen LogP) is -0.153. The zero-order valence-corrected chi connectivity index (χ0v) is 7.71. The van der Waals surface area contributed by atoms with Gasteiger partial charge >= 0.3 is 0 Å². The van der Waals surface area contributed by atoms with Crippen molar-refractivity contribution in [3.63, 3.8) is 0 Å². The molecular formula is C5H13N3O6. The van der Waals surface area contributed by atoms with Crippen molar-refractivity contribution >= 4 is 0 Å². The van der Waals surface area contributed by atoms with Crippen molar-refractivity contribution in [2.24, 2.45) is 0 Å². The minimum atomic E-state index is -1.50. The molecule has 0 aromatic rings. The Kier molecular flexibility index (Phi) is 12.1. The van der Waals surface area contributed by atoms with E-state index < -0.39 is 10.2 Å². The first-order valence-corrected chi connectivity index (χ1v) is 3.82. The third-order valence-electron chi connectivity index (χ3n) is 0.945. The maximum absolute atomic E-state index is 9.59. The summed E-state index contributed by atoms with van der Waals surface area (Å²) in [4.78, 5) is 22.0. The van der Waals surface area contributed by atoms with Crippen LogP contribution in [0.5, 0.6) is 0 Å². The molecule has 0 saturated heterocycles. The number of hydrogen-bond acceptors (Lipinski definition) is 6. The molecule has 0 rings (SSSR count). The molecule has 0 heterocycles. The Morgan fingerprint density at radius 2 is 1.93 bits per heavy atom. The van der Waals surface area contributed by atoms with Gasteiger partial charge < -0.3 is 15.4 Å². The zero-order chi connectivity index (χ0) is 11.4. The van der Waals surface area contributed by atoms with Gasteiger partial charge in [0, 0.05) is 0 Å². The smallest absolute Gasteiger partial charge is 0.294 e. The lowest BCUT2D eigenvalue weighted by molar-refractivity contribution is -0.757. The number of rotatable bonds is 6. The number of nitrogens with zero attached hydrogens (tertiary/aromatic N) is 2. The van der Waals surface area contributed by atoms with E-state index in [-0.39, 0.29) is 6.61 Å². The van der Waals surface area contributed by atoms with Crippen molar-refractivity contribution in [1.29, 1.82) is 0 Å². The van der Waals surface area contributed by atoms with Gasteiger partial charge in [-0.2, -0.15) is 0 Å². The lowest BCUT2D eigenvalue weighted by atomic mass is 10.4. The molecule has 0 aliphatic heterocycles. The second-order valence-corrected chi connectivity index (χ2v) is 2.00. The van der Waals surface area contributed by atoms with Crippen LogP contribution >= 0.6 is 0 Å². The van der Waals surface area contributed by atoms with Crippen molar-refractivity contribution in [1.82, 2.24) is 5.32 Å². The molecule has 0 aliphatic carbocycles. The van der Waals surface area contributed by atoms with Crippen LogP contribution < -0.4 is 5.32 Å². The Labute approximate surface area is 79.9 Å². The molecule has 0 atom stereocenters. The highest BCUT2D eigenvalue weighted by atomic mass is 16.9. The topological polar surface area (TPSA) is 128 Å². The van der Waals surface area contributed by atoms with E-state index in [1.807, 2.05) is 6.92 Å². The maximum atomic E-state index is 9.59. The fourth-order valence-corrected chi connectivity index (χ4v) is 0.513. The van der Waals surface area contributed by atoms with Gasteiger partial charge in [-0.15, -0.1) is 20.2 Å². The van der Waals surface area contributed by atoms with Crippen LogP contribution in [0.2, 0.25) is 0 Å². The Balaban J connectivity index is 0. The van der Waals surface area contributed by atoms with E-state index >= 15 is 0 Å². The van der Waals surface area contributed by atoms with Crippen LogP contribution in [-0.4, -0.2) is 35.1 Å². The second-order valence-electron chi connectivity index (χ2n) is 2.00. The molecule has 0 fully saturated rings. The van der Waals surface area contributed by atoms with Gasteiger partial charge in [-0.1, -0.05) is 6.92 Å². The SMILES string of the molecule is CCNCCCO[N+](=O)[O-].O=[N+]([O-])O. The average molecular weight is 211 g/mol. The largest absolute Gasteiger partial charge is 0.328 e. The molecule has 0 aromatic heterocycles. The normalized spacial score (nSPS) is 8.36. The quantitative estimate of drug-likeness (QED) is 0.355. The third kappa shape index (κ3) is 31.6. The van der Waals surface area contributed by atoms with E-state index in [0.29, 0.717) is 6.42 Å². The van der Waals surface area contributed by atoms with Gasteiger partial charge in [-0.25, -0.2) is 0 Å². The molecule has 0 saturated carbocycles. The molecule has 0 unspecified atom stereocenters. The van der Waals surface area contributed by atoms with Gasteiger partial charge in [-0.05, 0) is 19.5 Å². The number of nitrogens with one attached hydrogen (secondary N) is 1. The summed E-state index contributed by atoms with van der Waals surface area (Å²) in [5.41, 5.74) is 0. The molecule has 9 heteroatoms. The van der Waals surface area contributed by atoms with Crippen molar-refractivity contribution in [2.75, 3.05) is 19.7 Å². The van der Waals surface area contributed by atoms with E-state index in [0.717, 1.165) is 13.1 Å². The molecule has 0 spiro atoms. The zero-order valence-electron chi connectivity index (χ0n) is 7.71. The lowest BCUT2D eigenvalue weighted by Crippen LogP contribution is -2.16. The van der Waals surface area contributed by atoms with Crippen LogP contribution in [0.25, 0.3) is 0 Å². The van der Waals surface area contributed by atoms with Gasteiger partial charge in [-0.3, -0.25) is 0 Å². The molecule has 0 bridgehead atoms. The van der Waals surface area contributed by atoms with Crippen molar-refractivity contribution in [3.05, 3.63) is 20.2 Å². The molecule has 0 aromatic carbocycles. The highest BCUT2D eigenvalue weighted by molar-refractivity contribution is 4.40. The van der Waals surface area contributed by atoms with Gasteiger partial charge in [0.1, 0.15) is 0 Å². The van der Waals surface area contributed by atoms with E-state index in [4.69, 9.17) is 15.3 Å². The fraction of sp³-hybridized carbons (Fsp3) is 1.00. The van der Waals surface area contributed by atoms with Crippen LogP contribution in [0.3, 0.4) is 0 Å². The van der Waals surface area contributed by atoms with Crippen LogP contribution in [0, 0.1) is 20.2 Å². The van der Waals surface area contributed by atoms with E-state index in [2.05, 4.69) is 10.2 Å². The van der Waals surface area contributed by atoms with E-state index in [1.165, 1.54) is 0 Å². The first-order valence-electron chi connectivity index (χ1n) is 3.82. The highest BCUT2D eigenvalue weighted by Gasteiger charge is 1.92. The molecule has 2 N–H and O–H groups in total. The first kappa shape index (κ1) is 14.9. The van der Waals surface area contributed by atoms with Crippen molar-refractivity contribution < 1.29 is 20.2 Å². The molecule has 0 amide bonds. The van der Waals surface area contributed by atoms with Crippen LogP contribution in [0.1, 0.15) is 13.3 Å². The monoisotopic (exact) mass is 211 g/mol. The average Bonchev–Trinajstić information content (AvgIpc) is 2.02. The third-order valence-corrected chi connectivity index (χ3v) is 0.945. The van der Waals surface area contributed by atoms with Gasteiger partial charge in [0.15, 0.2) is 0 Å². The maximum Gasteiger partial charge on any atom is 0.294 e. The summed E-state index contributed by atoms with van der Waals surface area (Å²) < 4.78 is 0. The summed E-state index contributed by atoms with van der Waals surface area (Å²) in [6.07, 6.45) is 0.675. The van der Waals surface area contributed by atoms with Crippen LogP contribution in [0.15, 0.2) is 0 Å².